The minimum Gasteiger partial charge on any atom is -0.388 e. The number of hydrogen-bond donors (Lipinski definition) is 4. The van der Waals surface area contributed by atoms with E-state index in [0.29, 0.717) is 22.5 Å². The van der Waals surface area contributed by atoms with Crippen molar-refractivity contribution in [3.8, 4) is 0 Å². The highest BCUT2D eigenvalue weighted by Crippen LogP contribution is 2.78. The molecule has 8 fully saturated rings. The van der Waals surface area contributed by atoms with Crippen molar-refractivity contribution in [1.82, 2.24) is 19.6 Å². The smallest absolute Gasteiger partial charge is 0.271 e. The van der Waals surface area contributed by atoms with Crippen molar-refractivity contribution in [3.05, 3.63) is 59.7 Å². The number of carbonyl (C=O) groups is 6. The number of amides is 4. The number of nitrogens with one attached hydrogen (secondary N) is 2. The number of nitrogens with zero attached hydrogens (tertiary/aromatic N) is 4. The summed E-state index contributed by atoms with van der Waals surface area (Å²) in [4.78, 5) is 83.0. The average molecular weight is 753 g/mol. The van der Waals surface area contributed by atoms with Crippen LogP contribution in [0.15, 0.2) is 48.5 Å². The normalized spacial score (nSPS) is 44.0. The molecule has 2 aromatic carbocycles. The Hall–Kier alpha value is -3.42. The van der Waals surface area contributed by atoms with Gasteiger partial charge in [0, 0.05) is 25.5 Å². The van der Waals surface area contributed by atoms with Gasteiger partial charge in [-0.1, -0.05) is 36.4 Å². The van der Waals surface area contributed by atoms with Gasteiger partial charge in [0.15, 0.2) is 11.6 Å². The highest BCUT2D eigenvalue weighted by molar-refractivity contribution is 8.78. The second kappa shape index (κ2) is 8.95. The van der Waals surface area contributed by atoms with Gasteiger partial charge in [-0.15, -0.1) is 0 Å². The van der Waals surface area contributed by atoms with Crippen LogP contribution in [0.1, 0.15) is 25.0 Å². The number of Topliss-reactive ketones (excluding diaryl/α,β-unsaturated/α-hetero) is 2. The van der Waals surface area contributed by atoms with Gasteiger partial charge in [-0.25, -0.2) is 0 Å². The van der Waals surface area contributed by atoms with Gasteiger partial charge in [-0.05, 0) is 80.3 Å². The van der Waals surface area contributed by atoms with Gasteiger partial charge in [0.2, 0.25) is 19.5 Å². The number of ketones is 2. The van der Waals surface area contributed by atoms with Crippen LogP contribution in [0.2, 0.25) is 0 Å². The predicted octanol–water partition coefficient (Wildman–Crippen LogP) is 0.469. The second-order valence-corrected chi connectivity index (χ2v) is 19.0. The van der Waals surface area contributed by atoms with Crippen LogP contribution < -0.4 is 10.6 Å². The number of benzene rings is 2. The summed E-state index contributed by atoms with van der Waals surface area (Å²) in [7, 11) is 6.44. The van der Waals surface area contributed by atoms with Crippen LogP contribution in [0, 0.1) is 0 Å². The van der Waals surface area contributed by atoms with Crippen LogP contribution >= 0.6 is 43.2 Å². The van der Waals surface area contributed by atoms with Crippen LogP contribution in [0.4, 0.5) is 11.4 Å². The van der Waals surface area contributed by atoms with Crippen LogP contribution in [0.3, 0.4) is 0 Å². The Morgan fingerprint density at radius 3 is 1.34 bits per heavy atom. The highest BCUT2D eigenvalue weighted by Gasteiger charge is 2.93. The molecule has 0 aromatic heterocycles. The van der Waals surface area contributed by atoms with Crippen LogP contribution in [0.25, 0.3) is 0 Å². The lowest BCUT2D eigenvalue weighted by Gasteiger charge is -2.58. The molecule has 18 heteroatoms. The number of carbonyl (C=O) groups excluding carboxylic acids is 6. The third-order valence-corrected chi connectivity index (χ3v) is 19.7. The average Bonchev–Trinajstić information content (AvgIpc) is 3.74. The van der Waals surface area contributed by atoms with E-state index in [-0.39, 0.29) is 0 Å². The van der Waals surface area contributed by atoms with Gasteiger partial charge in [0.05, 0.1) is 10.8 Å². The molecule has 10 atom stereocenters. The quantitative estimate of drug-likeness (QED) is 0.251. The molecule has 8 saturated heterocycles. The van der Waals surface area contributed by atoms with Gasteiger partial charge >= 0.3 is 0 Å². The molecule has 50 heavy (non-hydrogen) atoms. The van der Waals surface area contributed by atoms with Crippen molar-refractivity contribution >= 4 is 89.7 Å². The first-order chi connectivity index (χ1) is 23.7. The minimum atomic E-state index is -1.98. The fourth-order valence-corrected chi connectivity index (χ4v) is 18.1. The Balaban J connectivity index is 1.34. The molecule has 14 nitrogen and oxygen atoms in total. The zero-order valence-corrected chi connectivity index (χ0v) is 30.0. The second-order valence-electron chi connectivity index (χ2n) is 13.9. The summed E-state index contributed by atoms with van der Waals surface area (Å²) in [5.41, 5.74) is -1.77. The fourth-order valence-electron chi connectivity index (χ4n) is 10.4. The zero-order valence-electron chi connectivity index (χ0n) is 26.7. The number of likely N-dealkylation sites (N-methyl/N-ethyl adjacent to an activating group) is 2. The number of hydrogen-bond acceptors (Lipinski definition) is 14. The van der Waals surface area contributed by atoms with E-state index in [1.165, 1.54) is 37.7 Å². The summed E-state index contributed by atoms with van der Waals surface area (Å²) in [6.07, 6.45) is -6.07. The third-order valence-electron chi connectivity index (χ3n) is 12.4. The molecule has 258 valence electrons. The van der Waals surface area contributed by atoms with E-state index in [9.17, 15) is 39.0 Å². The van der Waals surface area contributed by atoms with E-state index in [1.54, 1.807) is 48.5 Å². The Kier molecular flexibility index (Phi) is 5.61. The molecule has 10 aliphatic rings. The lowest BCUT2D eigenvalue weighted by molar-refractivity contribution is -0.170. The molecule has 0 aliphatic carbocycles. The van der Waals surface area contributed by atoms with Crippen molar-refractivity contribution in [1.29, 1.82) is 0 Å². The highest BCUT2D eigenvalue weighted by atomic mass is 33.1. The fraction of sp³-hybridized carbons (Fsp3) is 0.438. The number of piperazine rings is 2. The van der Waals surface area contributed by atoms with Crippen molar-refractivity contribution in [2.24, 2.45) is 0 Å². The summed E-state index contributed by atoms with van der Waals surface area (Å²) in [5, 5.41) is 33.6. The van der Waals surface area contributed by atoms with Crippen LogP contribution in [-0.2, 0) is 39.6 Å². The summed E-state index contributed by atoms with van der Waals surface area (Å²) in [6.45, 7) is 2.50. The first kappa shape index (κ1) is 31.3. The van der Waals surface area contributed by atoms with E-state index < -0.39 is 90.0 Å². The Bertz CT molecular complexity index is 1960. The summed E-state index contributed by atoms with van der Waals surface area (Å²) >= 11 is 0. The maximum absolute atomic E-state index is 14.9. The number of aliphatic hydroxyl groups excluding tert-OH is 2. The van der Waals surface area contributed by atoms with Gasteiger partial charge < -0.3 is 30.6 Å². The maximum Gasteiger partial charge on any atom is 0.271 e. The van der Waals surface area contributed by atoms with Gasteiger partial charge in [-0.2, -0.15) is 0 Å². The summed E-state index contributed by atoms with van der Waals surface area (Å²) < 4.78 is 0. The number of aliphatic hydroxyl groups is 2. The van der Waals surface area contributed by atoms with E-state index in [0.717, 1.165) is 53.0 Å². The minimum absolute atomic E-state index is 0.455. The molecule has 4 N–H and O–H groups in total. The van der Waals surface area contributed by atoms with E-state index in [2.05, 4.69) is 10.6 Å². The maximum atomic E-state index is 14.9. The topological polar surface area (TPSA) is 180 Å². The van der Waals surface area contributed by atoms with E-state index in [1.807, 2.05) is 0 Å². The standard InChI is InChI=1S/C32H28N6O8S4/c1-13(39)29-25(45)37-21-27(15-9-5-7-11-17(15)33-21,19(41)31(37,49-47-29)23(43)35(29)3)28-16-10-6-8-12-18(16)34-22(28)38-26(46)30(14(2)40)36(4)24(44)32(38,20(28)42)50-48-30/h5-12,19-22,33-34,41-42H,1-4H3/t19-,20-,21+,22+,27+,28+,29-,30+,31-,32+/m0/s1. The molecule has 10 aliphatic heterocycles. The molecule has 0 saturated carbocycles. The molecule has 0 unspecified atom stereocenters. The van der Waals surface area contributed by atoms with Gasteiger partial charge in [-0.3, -0.25) is 38.6 Å². The number of para-hydroxylation sites is 2. The number of rotatable bonds is 3. The molecule has 4 bridgehead atoms. The van der Waals surface area contributed by atoms with Crippen molar-refractivity contribution in [2.45, 2.75) is 68.7 Å². The number of fused-ring (bicyclic) bond motifs is 11. The zero-order chi connectivity index (χ0) is 35.3. The third kappa shape index (κ3) is 2.57. The first-order valence-electron chi connectivity index (χ1n) is 15.8. The summed E-state index contributed by atoms with van der Waals surface area (Å²) in [6, 6.07) is 14.1. The van der Waals surface area contributed by atoms with Crippen molar-refractivity contribution in [2.75, 3.05) is 24.7 Å². The SMILES string of the molecule is CC(=O)[C@]12SS[C@@]3(C(=O)N1C)[C@@H](O)[C@]1([C@@]45c6ccccc6N[C@@H]4N4C(=O)[C@]6(C(C)=O)SS[C@]4(C(=O)N6C)[C@H]5O)c4ccccc4N[C@@H]1N3C2=O. The molecule has 12 rings (SSSR count). The Morgan fingerprint density at radius 1 is 0.620 bits per heavy atom. The molecule has 4 amide bonds. The molecular weight excluding hydrogens is 725 g/mol. The summed E-state index contributed by atoms with van der Waals surface area (Å²) in [5.74, 6) is -3.86. The van der Waals surface area contributed by atoms with Crippen molar-refractivity contribution in [3.63, 3.8) is 0 Å². The van der Waals surface area contributed by atoms with Gasteiger partial charge in [0.25, 0.3) is 23.6 Å². The van der Waals surface area contributed by atoms with Crippen LogP contribution in [-0.4, -0.2) is 123 Å². The van der Waals surface area contributed by atoms with E-state index >= 15 is 0 Å². The Labute approximate surface area is 300 Å². The monoisotopic (exact) mass is 752 g/mol. The molecular formula is C32H28N6O8S4. The molecule has 2 spiro atoms. The Morgan fingerprint density at radius 2 is 0.980 bits per heavy atom. The predicted molar refractivity (Wildman–Crippen MR) is 185 cm³/mol. The van der Waals surface area contributed by atoms with Crippen molar-refractivity contribution < 1.29 is 39.0 Å². The largest absolute Gasteiger partial charge is 0.388 e. The van der Waals surface area contributed by atoms with E-state index in [4.69, 9.17) is 0 Å². The molecule has 2 aromatic rings. The lowest BCUT2D eigenvalue weighted by atomic mass is 9.52. The van der Waals surface area contributed by atoms with Crippen LogP contribution in [0.5, 0.6) is 0 Å². The molecule has 0 radical (unpaired) electrons. The van der Waals surface area contributed by atoms with Gasteiger partial charge in [0.1, 0.15) is 24.5 Å². The lowest BCUT2D eigenvalue weighted by Crippen LogP contribution is -2.79. The first-order valence-corrected chi connectivity index (χ1v) is 20.1. The number of anilines is 2. The molecule has 10 heterocycles.